The van der Waals surface area contributed by atoms with Crippen molar-refractivity contribution in [3.63, 3.8) is 0 Å². The van der Waals surface area contributed by atoms with Crippen LogP contribution in [0.5, 0.6) is 11.5 Å². The van der Waals surface area contributed by atoms with E-state index in [2.05, 4.69) is 18.9 Å². The third kappa shape index (κ3) is 2.43. The Labute approximate surface area is 113 Å². The van der Waals surface area contributed by atoms with Crippen LogP contribution in [0, 0.1) is 0 Å². The molecule has 102 valence electrons. The smallest absolute Gasteiger partial charge is 0.160 e. The van der Waals surface area contributed by atoms with E-state index in [-0.39, 0.29) is 5.92 Å². The van der Waals surface area contributed by atoms with Gasteiger partial charge in [-0.15, -0.1) is 0 Å². The molecule has 2 aromatic rings. The fraction of sp³-hybridized carbons (Fsp3) is 0.400. The highest BCUT2D eigenvalue weighted by Gasteiger charge is 2.19. The summed E-state index contributed by atoms with van der Waals surface area (Å²) >= 11 is 0. The SMILES string of the molecule is CCc1nn(-c2ccc(OC)cc2)c(C(C)C)c1O. The minimum absolute atomic E-state index is 0.204. The van der Waals surface area contributed by atoms with Gasteiger partial charge in [-0.25, -0.2) is 4.68 Å². The molecule has 0 saturated carbocycles. The predicted octanol–water partition coefficient (Wildman–Crippen LogP) is 3.27. The monoisotopic (exact) mass is 260 g/mol. The van der Waals surface area contributed by atoms with Gasteiger partial charge >= 0.3 is 0 Å². The van der Waals surface area contributed by atoms with E-state index in [0.717, 1.165) is 22.8 Å². The lowest BCUT2D eigenvalue weighted by Gasteiger charge is -2.10. The van der Waals surface area contributed by atoms with E-state index in [0.29, 0.717) is 12.2 Å². The summed E-state index contributed by atoms with van der Waals surface area (Å²) in [6.45, 7) is 6.09. The molecule has 1 heterocycles. The third-order valence-electron chi connectivity index (χ3n) is 3.16. The van der Waals surface area contributed by atoms with Gasteiger partial charge in [0.2, 0.25) is 0 Å². The van der Waals surface area contributed by atoms with Crippen LogP contribution in [-0.2, 0) is 6.42 Å². The Hall–Kier alpha value is -1.97. The number of aromatic nitrogens is 2. The molecule has 0 saturated heterocycles. The summed E-state index contributed by atoms with van der Waals surface area (Å²) in [6, 6.07) is 7.67. The van der Waals surface area contributed by atoms with E-state index in [1.807, 2.05) is 35.9 Å². The molecule has 2 rings (SSSR count). The Kier molecular flexibility index (Phi) is 3.79. The molecule has 1 aromatic carbocycles. The lowest BCUT2D eigenvalue weighted by Crippen LogP contribution is -2.03. The van der Waals surface area contributed by atoms with Crippen LogP contribution in [0.3, 0.4) is 0 Å². The molecule has 0 amide bonds. The molecule has 0 aliphatic carbocycles. The van der Waals surface area contributed by atoms with E-state index < -0.39 is 0 Å². The molecule has 0 bridgehead atoms. The van der Waals surface area contributed by atoms with Crippen LogP contribution in [0.15, 0.2) is 24.3 Å². The van der Waals surface area contributed by atoms with Crippen molar-refractivity contribution in [1.82, 2.24) is 9.78 Å². The first-order valence-corrected chi connectivity index (χ1v) is 6.53. The maximum atomic E-state index is 10.2. The highest BCUT2D eigenvalue weighted by Crippen LogP contribution is 2.31. The summed E-state index contributed by atoms with van der Waals surface area (Å²) in [6.07, 6.45) is 0.717. The van der Waals surface area contributed by atoms with Gasteiger partial charge in [0.1, 0.15) is 11.4 Å². The fourth-order valence-corrected chi connectivity index (χ4v) is 2.15. The van der Waals surface area contributed by atoms with Gasteiger partial charge in [-0.3, -0.25) is 0 Å². The van der Waals surface area contributed by atoms with Crippen molar-refractivity contribution in [3.05, 3.63) is 35.7 Å². The van der Waals surface area contributed by atoms with Crippen molar-refractivity contribution in [1.29, 1.82) is 0 Å². The molecule has 19 heavy (non-hydrogen) atoms. The van der Waals surface area contributed by atoms with Crippen LogP contribution in [0.2, 0.25) is 0 Å². The number of aromatic hydroxyl groups is 1. The third-order valence-corrected chi connectivity index (χ3v) is 3.16. The Morgan fingerprint density at radius 3 is 2.37 bits per heavy atom. The van der Waals surface area contributed by atoms with Gasteiger partial charge in [0.15, 0.2) is 5.75 Å². The molecule has 0 atom stereocenters. The van der Waals surface area contributed by atoms with Crippen molar-refractivity contribution in [2.45, 2.75) is 33.1 Å². The first-order valence-electron chi connectivity index (χ1n) is 6.53. The second kappa shape index (κ2) is 5.34. The molecule has 1 N–H and O–H groups in total. The minimum Gasteiger partial charge on any atom is -0.504 e. The van der Waals surface area contributed by atoms with Crippen molar-refractivity contribution in [2.75, 3.05) is 7.11 Å². The van der Waals surface area contributed by atoms with Crippen molar-refractivity contribution >= 4 is 0 Å². The van der Waals surface area contributed by atoms with Crippen molar-refractivity contribution < 1.29 is 9.84 Å². The highest BCUT2D eigenvalue weighted by molar-refractivity contribution is 5.44. The van der Waals surface area contributed by atoms with Crippen molar-refractivity contribution in [2.24, 2.45) is 0 Å². The standard InChI is InChI=1S/C15H20N2O2/c1-5-13-15(18)14(10(2)3)17(16-13)11-6-8-12(19-4)9-7-11/h6-10,18H,5H2,1-4H3. The molecule has 0 unspecified atom stereocenters. The highest BCUT2D eigenvalue weighted by atomic mass is 16.5. The van der Waals surface area contributed by atoms with Gasteiger partial charge in [0.05, 0.1) is 18.5 Å². The number of hydrogen-bond acceptors (Lipinski definition) is 3. The first kappa shape index (κ1) is 13.5. The number of benzene rings is 1. The largest absolute Gasteiger partial charge is 0.504 e. The van der Waals surface area contributed by atoms with Crippen LogP contribution in [0.25, 0.3) is 5.69 Å². The maximum Gasteiger partial charge on any atom is 0.160 e. The minimum atomic E-state index is 0.204. The first-order chi connectivity index (χ1) is 9.08. The number of ether oxygens (including phenoxy) is 1. The lowest BCUT2D eigenvalue weighted by atomic mass is 10.1. The van der Waals surface area contributed by atoms with Crippen LogP contribution >= 0.6 is 0 Å². The fourth-order valence-electron chi connectivity index (χ4n) is 2.15. The van der Waals surface area contributed by atoms with Crippen LogP contribution in [0.4, 0.5) is 0 Å². The second-order valence-corrected chi connectivity index (χ2v) is 4.80. The number of hydrogen-bond donors (Lipinski definition) is 1. The lowest BCUT2D eigenvalue weighted by molar-refractivity contribution is 0.414. The van der Waals surface area contributed by atoms with Crippen LogP contribution in [-0.4, -0.2) is 22.0 Å². The number of nitrogens with zero attached hydrogens (tertiary/aromatic N) is 2. The van der Waals surface area contributed by atoms with Gasteiger partial charge < -0.3 is 9.84 Å². The normalized spacial score (nSPS) is 11.0. The Morgan fingerprint density at radius 2 is 1.89 bits per heavy atom. The summed E-state index contributed by atoms with van der Waals surface area (Å²) in [4.78, 5) is 0. The van der Waals surface area contributed by atoms with Gasteiger partial charge in [0, 0.05) is 0 Å². The van der Waals surface area contributed by atoms with Gasteiger partial charge in [-0.2, -0.15) is 5.10 Å². The summed E-state index contributed by atoms with van der Waals surface area (Å²) in [7, 11) is 1.64. The second-order valence-electron chi connectivity index (χ2n) is 4.80. The summed E-state index contributed by atoms with van der Waals surface area (Å²) < 4.78 is 6.97. The quantitative estimate of drug-likeness (QED) is 0.917. The molecular weight excluding hydrogens is 240 g/mol. The van der Waals surface area contributed by atoms with Crippen LogP contribution < -0.4 is 4.74 Å². The zero-order valence-electron chi connectivity index (χ0n) is 11.8. The topological polar surface area (TPSA) is 47.3 Å². The van der Waals surface area contributed by atoms with E-state index in [1.54, 1.807) is 7.11 Å². The maximum absolute atomic E-state index is 10.2. The molecular formula is C15H20N2O2. The Balaban J connectivity index is 2.53. The van der Waals surface area contributed by atoms with E-state index in [9.17, 15) is 5.11 Å². The predicted molar refractivity (Wildman–Crippen MR) is 75.2 cm³/mol. The van der Waals surface area contributed by atoms with E-state index in [1.165, 1.54) is 0 Å². The van der Waals surface area contributed by atoms with Gasteiger partial charge in [0.25, 0.3) is 0 Å². The molecule has 0 aliphatic rings. The number of methoxy groups -OCH3 is 1. The summed E-state index contributed by atoms with van der Waals surface area (Å²) in [5.41, 5.74) is 2.51. The van der Waals surface area contributed by atoms with Crippen molar-refractivity contribution in [3.8, 4) is 17.2 Å². The average molecular weight is 260 g/mol. The zero-order chi connectivity index (χ0) is 14.0. The molecule has 4 heteroatoms. The summed E-state index contributed by atoms with van der Waals surface area (Å²) in [5, 5.41) is 14.7. The average Bonchev–Trinajstić information content (AvgIpc) is 2.76. The van der Waals surface area contributed by atoms with E-state index >= 15 is 0 Å². The number of rotatable bonds is 4. The molecule has 1 aromatic heterocycles. The van der Waals surface area contributed by atoms with E-state index in [4.69, 9.17) is 4.74 Å². The molecule has 0 spiro atoms. The molecule has 0 aliphatic heterocycles. The Bertz CT molecular complexity index is 556. The van der Waals surface area contributed by atoms with Gasteiger partial charge in [-0.1, -0.05) is 20.8 Å². The van der Waals surface area contributed by atoms with Gasteiger partial charge in [-0.05, 0) is 36.6 Å². The Morgan fingerprint density at radius 1 is 1.26 bits per heavy atom. The molecule has 0 fully saturated rings. The molecule has 4 nitrogen and oxygen atoms in total. The summed E-state index contributed by atoms with van der Waals surface area (Å²) in [5.74, 6) is 1.32. The zero-order valence-corrected chi connectivity index (χ0v) is 11.8. The molecule has 0 radical (unpaired) electrons. The van der Waals surface area contributed by atoms with Crippen LogP contribution in [0.1, 0.15) is 38.1 Å². The number of aryl methyl sites for hydroxylation is 1.